The second-order valence-electron chi connectivity index (χ2n) is 13.1. The first-order valence-electron chi connectivity index (χ1n) is 16.0. The van der Waals surface area contributed by atoms with Gasteiger partial charge in [0.05, 0.1) is 0 Å². The fraction of sp³-hybridized carbons (Fsp3) is 0.583. The molecule has 0 fully saturated rings. The van der Waals surface area contributed by atoms with Crippen molar-refractivity contribution in [1.82, 2.24) is 10.2 Å². The molecule has 43 heavy (non-hydrogen) atoms. The fourth-order valence-corrected chi connectivity index (χ4v) is 5.21. The van der Waals surface area contributed by atoms with Crippen LogP contribution in [0.4, 0.5) is 10.5 Å². The zero-order valence-corrected chi connectivity index (χ0v) is 28.0. The largest absolute Gasteiger partial charge is 0.444 e. The zero-order valence-electron chi connectivity index (χ0n) is 28.0. The molecule has 0 aliphatic heterocycles. The molecule has 0 spiro atoms. The topological polar surface area (TPSA) is 87.7 Å². The predicted octanol–water partition coefficient (Wildman–Crippen LogP) is 8.42. The molecule has 2 aromatic carbocycles. The van der Waals surface area contributed by atoms with Crippen molar-refractivity contribution < 1.29 is 19.1 Å². The lowest BCUT2D eigenvalue weighted by Crippen LogP contribution is -2.53. The van der Waals surface area contributed by atoms with E-state index in [9.17, 15) is 14.4 Å². The number of hydrogen-bond acceptors (Lipinski definition) is 4. The minimum atomic E-state index is -0.877. The first-order chi connectivity index (χ1) is 20.2. The third-order valence-corrected chi connectivity index (χ3v) is 7.64. The number of ether oxygens (including phenoxy) is 1. The van der Waals surface area contributed by atoms with Gasteiger partial charge in [-0.15, -0.1) is 0 Å². The molecule has 0 aromatic heterocycles. The molecular weight excluding hydrogens is 538 g/mol. The Morgan fingerprint density at radius 1 is 0.860 bits per heavy atom. The summed E-state index contributed by atoms with van der Waals surface area (Å²) >= 11 is 0. The van der Waals surface area contributed by atoms with E-state index in [1.54, 1.807) is 25.7 Å². The Bertz CT molecular complexity index is 1200. The Morgan fingerprint density at radius 2 is 1.49 bits per heavy atom. The Kier molecular flexibility index (Phi) is 14.2. The quantitative estimate of drug-likeness (QED) is 0.203. The smallest absolute Gasteiger partial charge is 0.408 e. The van der Waals surface area contributed by atoms with Crippen molar-refractivity contribution in [3.05, 3.63) is 64.7 Å². The van der Waals surface area contributed by atoms with Crippen molar-refractivity contribution in [3.8, 4) is 0 Å². The second kappa shape index (κ2) is 17.1. The van der Waals surface area contributed by atoms with E-state index < -0.39 is 23.8 Å². The lowest BCUT2D eigenvalue weighted by atomic mass is 9.93. The van der Waals surface area contributed by atoms with Gasteiger partial charge >= 0.3 is 6.09 Å². The number of aryl methyl sites for hydroxylation is 2. The van der Waals surface area contributed by atoms with Crippen LogP contribution in [0.25, 0.3) is 0 Å². The predicted molar refractivity (Wildman–Crippen MR) is 176 cm³/mol. The SMILES string of the molecule is CCCCCCCCN(C(=O)C(CC(C)C)NC(=O)OC(C)(C)C)C(C(=O)Nc1ccccc1C)c1cccc(C)c1C. The number of nitrogens with one attached hydrogen (secondary N) is 2. The average Bonchev–Trinajstić information content (AvgIpc) is 2.91. The molecule has 0 saturated heterocycles. The Hall–Kier alpha value is -3.35. The molecule has 0 radical (unpaired) electrons. The number of benzene rings is 2. The minimum absolute atomic E-state index is 0.125. The molecule has 2 N–H and O–H groups in total. The molecular formula is C36H55N3O4. The van der Waals surface area contributed by atoms with Crippen LogP contribution in [-0.2, 0) is 14.3 Å². The van der Waals surface area contributed by atoms with E-state index in [4.69, 9.17) is 4.74 Å². The highest BCUT2D eigenvalue weighted by atomic mass is 16.6. The van der Waals surface area contributed by atoms with E-state index in [2.05, 4.69) is 17.6 Å². The van der Waals surface area contributed by atoms with Gasteiger partial charge in [-0.05, 0) is 88.6 Å². The van der Waals surface area contributed by atoms with E-state index in [1.165, 1.54) is 6.42 Å². The molecule has 2 atom stereocenters. The molecule has 3 amide bonds. The summed E-state index contributed by atoms with van der Waals surface area (Å²) in [5.74, 6) is -0.429. The molecule has 0 bridgehead atoms. The highest BCUT2D eigenvalue weighted by molar-refractivity contribution is 5.99. The third kappa shape index (κ3) is 11.7. The summed E-state index contributed by atoms with van der Waals surface area (Å²) in [6.45, 7) is 18.0. The van der Waals surface area contributed by atoms with Crippen LogP contribution in [0.2, 0.25) is 0 Å². The molecule has 0 aliphatic carbocycles. The molecule has 2 aromatic rings. The van der Waals surface area contributed by atoms with Crippen LogP contribution >= 0.6 is 0 Å². The summed E-state index contributed by atoms with van der Waals surface area (Å²) < 4.78 is 5.54. The summed E-state index contributed by atoms with van der Waals surface area (Å²) in [4.78, 5) is 43.4. The number of para-hydroxylation sites is 1. The fourth-order valence-electron chi connectivity index (χ4n) is 5.21. The highest BCUT2D eigenvalue weighted by Crippen LogP contribution is 2.30. The zero-order chi connectivity index (χ0) is 32.2. The molecule has 0 heterocycles. The number of carbonyl (C=O) groups excluding carboxylic acids is 3. The number of unbranched alkanes of at least 4 members (excludes halogenated alkanes) is 5. The number of rotatable bonds is 15. The van der Waals surface area contributed by atoms with Gasteiger partial charge in [0, 0.05) is 12.2 Å². The summed E-state index contributed by atoms with van der Waals surface area (Å²) in [7, 11) is 0. The average molecular weight is 594 g/mol. The van der Waals surface area contributed by atoms with Crippen molar-refractivity contribution in [2.75, 3.05) is 11.9 Å². The summed E-state index contributed by atoms with van der Waals surface area (Å²) in [5, 5.41) is 5.97. The highest BCUT2D eigenvalue weighted by Gasteiger charge is 2.37. The van der Waals surface area contributed by atoms with Gasteiger partial charge in [-0.2, -0.15) is 0 Å². The van der Waals surface area contributed by atoms with Gasteiger partial charge in [0.15, 0.2) is 0 Å². The number of nitrogens with zero attached hydrogens (tertiary/aromatic N) is 1. The Morgan fingerprint density at radius 3 is 2.12 bits per heavy atom. The lowest BCUT2D eigenvalue weighted by molar-refractivity contribution is -0.141. The van der Waals surface area contributed by atoms with Crippen molar-refractivity contribution in [3.63, 3.8) is 0 Å². The number of amides is 3. The van der Waals surface area contributed by atoms with Crippen molar-refractivity contribution >= 4 is 23.6 Å². The molecule has 7 heteroatoms. The monoisotopic (exact) mass is 593 g/mol. The van der Waals surface area contributed by atoms with E-state index in [0.717, 1.165) is 54.4 Å². The van der Waals surface area contributed by atoms with Crippen LogP contribution in [0.1, 0.15) is 115 Å². The minimum Gasteiger partial charge on any atom is -0.444 e. The molecule has 0 saturated carbocycles. The van der Waals surface area contributed by atoms with Gasteiger partial charge < -0.3 is 20.3 Å². The normalized spacial score (nSPS) is 12.9. The number of alkyl carbamates (subject to hydrolysis) is 1. The van der Waals surface area contributed by atoms with E-state index in [1.807, 2.05) is 77.1 Å². The van der Waals surface area contributed by atoms with E-state index in [0.29, 0.717) is 18.7 Å². The Balaban J connectivity index is 2.58. The van der Waals surface area contributed by atoms with Crippen molar-refractivity contribution in [1.29, 1.82) is 0 Å². The molecule has 0 aliphatic rings. The van der Waals surface area contributed by atoms with Crippen molar-refractivity contribution in [2.45, 2.75) is 125 Å². The molecule has 238 valence electrons. The standard InChI is InChI=1S/C36H55N3O4/c1-10-11-12-13-14-17-23-39(34(41)31(24-25(2)3)38-35(42)43-36(7,8)9)32(29-21-18-20-26(4)28(29)6)33(40)37-30-22-16-15-19-27(30)5/h15-16,18-22,25,31-32H,10-14,17,23-24H2,1-9H3,(H,37,40)(H,38,42). The van der Waals surface area contributed by atoms with E-state index in [-0.39, 0.29) is 17.7 Å². The van der Waals surface area contributed by atoms with Gasteiger partial charge in [0.2, 0.25) is 5.91 Å². The van der Waals surface area contributed by atoms with Crippen molar-refractivity contribution in [2.24, 2.45) is 5.92 Å². The summed E-state index contributed by atoms with van der Waals surface area (Å²) in [6, 6.07) is 11.8. The van der Waals surface area contributed by atoms with Crippen LogP contribution < -0.4 is 10.6 Å². The maximum absolute atomic E-state index is 14.6. The maximum atomic E-state index is 14.6. The first-order valence-corrected chi connectivity index (χ1v) is 16.0. The van der Waals surface area contributed by atoms with Crippen LogP contribution in [-0.4, -0.2) is 41.0 Å². The molecule has 2 unspecified atom stereocenters. The van der Waals surface area contributed by atoms with E-state index >= 15 is 0 Å². The first kappa shape index (κ1) is 35.8. The number of carbonyl (C=O) groups is 3. The number of hydrogen-bond donors (Lipinski definition) is 2. The molecule has 7 nitrogen and oxygen atoms in total. The lowest BCUT2D eigenvalue weighted by Gasteiger charge is -2.36. The number of anilines is 1. The van der Waals surface area contributed by atoms with Gasteiger partial charge in [0.25, 0.3) is 5.91 Å². The van der Waals surface area contributed by atoms with Gasteiger partial charge in [-0.1, -0.05) is 89.3 Å². The third-order valence-electron chi connectivity index (χ3n) is 7.64. The van der Waals surface area contributed by atoms with Gasteiger partial charge in [-0.25, -0.2) is 4.79 Å². The van der Waals surface area contributed by atoms with Crippen LogP contribution in [0, 0.1) is 26.7 Å². The van der Waals surface area contributed by atoms with Crippen LogP contribution in [0.15, 0.2) is 42.5 Å². The van der Waals surface area contributed by atoms with Gasteiger partial charge in [0.1, 0.15) is 17.7 Å². The van der Waals surface area contributed by atoms with Gasteiger partial charge in [-0.3, -0.25) is 9.59 Å². The summed E-state index contributed by atoms with van der Waals surface area (Å²) in [6.07, 6.45) is 6.06. The van der Waals surface area contributed by atoms with Crippen LogP contribution in [0.3, 0.4) is 0 Å². The Labute approximate surface area is 260 Å². The molecule has 2 rings (SSSR count). The summed E-state index contributed by atoms with van der Waals surface area (Å²) in [5.41, 5.74) is 3.74. The second-order valence-corrected chi connectivity index (χ2v) is 13.1. The van der Waals surface area contributed by atoms with Crippen LogP contribution in [0.5, 0.6) is 0 Å². The maximum Gasteiger partial charge on any atom is 0.408 e.